The van der Waals surface area contributed by atoms with Crippen LogP contribution < -0.4 is 0 Å². The summed E-state index contributed by atoms with van der Waals surface area (Å²) in [4.78, 5) is 15.4. The van der Waals surface area contributed by atoms with Crippen molar-refractivity contribution in [3.05, 3.63) is 47.0 Å². The van der Waals surface area contributed by atoms with E-state index in [1.807, 2.05) is 22.5 Å². The van der Waals surface area contributed by atoms with Gasteiger partial charge in [-0.1, -0.05) is 0 Å². The van der Waals surface area contributed by atoms with Crippen molar-refractivity contribution in [1.29, 1.82) is 0 Å². The zero-order valence-electron chi connectivity index (χ0n) is 12.2. The average Bonchev–Trinajstić information content (AvgIpc) is 3.24. The molecule has 0 atom stereocenters. The van der Waals surface area contributed by atoms with E-state index in [0.717, 1.165) is 45.0 Å². The maximum Gasteiger partial charge on any atom is 0.137 e. The van der Waals surface area contributed by atoms with Gasteiger partial charge in [0.2, 0.25) is 0 Å². The summed E-state index contributed by atoms with van der Waals surface area (Å²) < 4.78 is 4.16. The lowest BCUT2D eigenvalue weighted by Gasteiger charge is -2.18. The van der Waals surface area contributed by atoms with Gasteiger partial charge in [-0.15, -0.1) is 11.3 Å². The fraction of sp³-hybridized carbons (Fsp3) is 0.429. The number of rotatable bonds is 4. The summed E-state index contributed by atoms with van der Waals surface area (Å²) in [6.07, 6.45) is 8.12. The molecule has 114 valence electrons. The van der Waals surface area contributed by atoms with Gasteiger partial charge in [0.05, 0.1) is 25.0 Å². The van der Waals surface area contributed by atoms with Crippen LogP contribution in [0.25, 0.3) is 0 Å². The minimum atomic E-state index is 0.722. The highest BCUT2D eigenvalue weighted by atomic mass is 32.1. The molecule has 0 N–H and O–H groups in total. The third kappa shape index (κ3) is 2.79. The van der Waals surface area contributed by atoms with Gasteiger partial charge in [0.15, 0.2) is 0 Å². The van der Waals surface area contributed by atoms with Crippen LogP contribution in [0.3, 0.4) is 0 Å². The number of hydrogen-bond donors (Lipinski definition) is 0. The fourth-order valence-electron chi connectivity index (χ4n) is 2.82. The zero-order chi connectivity index (χ0) is 14.8. The van der Waals surface area contributed by atoms with Crippen molar-refractivity contribution in [2.45, 2.75) is 26.1 Å². The molecule has 22 heavy (non-hydrogen) atoms. The van der Waals surface area contributed by atoms with Crippen LogP contribution in [-0.4, -0.2) is 47.3 Å². The van der Waals surface area contributed by atoms with Crippen molar-refractivity contribution >= 4 is 11.3 Å². The van der Waals surface area contributed by atoms with Gasteiger partial charge in [-0.05, 0) is 0 Å². The zero-order valence-corrected chi connectivity index (χ0v) is 13.0. The number of fused-ring (bicyclic) bond motifs is 1. The molecule has 4 heterocycles. The monoisotopic (exact) mass is 315 g/mol. The van der Waals surface area contributed by atoms with Crippen LogP contribution >= 0.6 is 11.3 Å². The lowest BCUT2D eigenvalue weighted by molar-refractivity contribution is 0.270. The van der Waals surface area contributed by atoms with Crippen molar-refractivity contribution in [2.75, 3.05) is 13.1 Å². The Bertz CT molecular complexity index is 717. The van der Waals surface area contributed by atoms with Crippen molar-refractivity contribution in [3.63, 3.8) is 0 Å². The van der Waals surface area contributed by atoms with Crippen LogP contribution in [0.4, 0.5) is 0 Å². The van der Waals surface area contributed by atoms with Gasteiger partial charge >= 0.3 is 0 Å². The van der Waals surface area contributed by atoms with E-state index < -0.39 is 0 Å². The number of thiazole rings is 1. The Labute approximate surface area is 132 Å². The molecule has 8 heteroatoms. The lowest BCUT2D eigenvalue weighted by Crippen LogP contribution is -2.26. The molecule has 1 aliphatic heterocycles. The Kier molecular flexibility index (Phi) is 3.69. The molecular formula is C14H17N7S. The Balaban J connectivity index is 1.46. The largest absolute Gasteiger partial charge is 0.329 e. The van der Waals surface area contributed by atoms with Gasteiger partial charge in [0, 0.05) is 37.6 Å². The first-order valence-electron chi connectivity index (χ1n) is 7.35. The minimum Gasteiger partial charge on any atom is -0.329 e. The topological polar surface area (TPSA) is 64.7 Å². The molecule has 0 bridgehead atoms. The number of hydrogen-bond acceptors (Lipinski definition) is 6. The maximum atomic E-state index is 4.59. The summed E-state index contributed by atoms with van der Waals surface area (Å²) >= 11 is 1.72. The Morgan fingerprint density at radius 3 is 2.95 bits per heavy atom. The molecule has 0 saturated heterocycles. The summed E-state index contributed by atoms with van der Waals surface area (Å²) in [5.74, 6) is 1.16. The normalized spacial score (nSPS) is 15.6. The van der Waals surface area contributed by atoms with Crippen molar-refractivity contribution in [2.24, 2.45) is 0 Å². The van der Waals surface area contributed by atoms with E-state index in [2.05, 4.69) is 29.5 Å². The van der Waals surface area contributed by atoms with Crippen molar-refractivity contribution in [3.8, 4) is 0 Å². The average molecular weight is 315 g/mol. The highest BCUT2D eigenvalue weighted by Crippen LogP contribution is 2.15. The van der Waals surface area contributed by atoms with Crippen LogP contribution in [0.5, 0.6) is 0 Å². The number of aromatic nitrogens is 6. The molecule has 3 aromatic heterocycles. The summed E-state index contributed by atoms with van der Waals surface area (Å²) in [6.45, 7) is 4.66. The Morgan fingerprint density at radius 1 is 1.14 bits per heavy atom. The standard InChI is InChI=1S/C14H17N7S/c1-3-19(9-14-16-2-6-22-14)4-5-21-12(7-17-13(1)21)8-20-11-15-10-18-20/h2,6-7,10-11H,1,3-5,8-9H2. The fourth-order valence-corrected chi connectivity index (χ4v) is 3.48. The first-order valence-corrected chi connectivity index (χ1v) is 8.23. The lowest BCUT2D eigenvalue weighted by atomic mass is 10.4. The highest BCUT2D eigenvalue weighted by Gasteiger charge is 2.18. The molecule has 0 fully saturated rings. The van der Waals surface area contributed by atoms with Gasteiger partial charge < -0.3 is 4.57 Å². The second kappa shape index (κ2) is 5.98. The molecule has 0 aliphatic carbocycles. The Hall–Kier alpha value is -2.06. The van der Waals surface area contributed by atoms with E-state index in [0.29, 0.717) is 0 Å². The summed E-state index contributed by atoms with van der Waals surface area (Å²) in [6, 6.07) is 0. The first kappa shape index (κ1) is 13.6. The molecule has 0 unspecified atom stereocenters. The van der Waals surface area contributed by atoms with E-state index in [-0.39, 0.29) is 0 Å². The van der Waals surface area contributed by atoms with Crippen LogP contribution in [0, 0.1) is 0 Å². The third-order valence-corrected chi connectivity index (χ3v) is 4.71. The number of nitrogens with zero attached hydrogens (tertiary/aromatic N) is 7. The van der Waals surface area contributed by atoms with E-state index in [1.165, 1.54) is 10.7 Å². The molecular weight excluding hydrogens is 298 g/mol. The smallest absolute Gasteiger partial charge is 0.137 e. The molecule has 0 spiro atoms. The molecule has 0 radical (unpaired) electrons. The highest BCUT2D eigenvalue weighted by molar-refractivity contribution is 7.09. The van der Waals surface area contributed by atoms with Crippen LogP contribution in [0.2, 0.25) is 0 Å². The van der Waals surface area contributed by atoms with E-state index in [1.54, 1.807) is 24.0 Å². The molecule has 0 saturated carbocycles. The molecule has 0 amide bonds. The van der Waals surface area contributed by atoms with Crippen LogP contribution in [0.15, 0.2) is 30.4 Å². The molecule has 1 aliphatic rings. The van der Waals surface area contributed by atoms with Gasteiger partial charge in [0.25, 0.3) is 0 Å². The third-order valence-electron chi connectivity index (χ3n) is 3.95. The van der Waals surface area contributed by atoms with Crippen LogP contribution in [-0.2, 0) is 26.1 Å². The van der Waals surface area contributed by atoms with Gasteiger partial charge in [-0.25, -0.2) is 19.6 Å². The van der Waals surface area contributed by atoms with Crippen molar-refractivity contribution < 1.29 is 0 Å². The van der Waals surface area contributed by atoms with E-state index in [9.17, 15) is 0 Å². The van der Waals surface area contributed by atoms with E-state index >= 15 is 0 Å². The summed E-state index contributed by atoms with van der Waals surface area (Å²) in [5, 5.41) is 7.39. The van der Waals surface area contributed by atoms with Gasteiger partial charge in [-0.2, -0.15) is 5.10 Å². The molecule has 4 rings (SSSR count). The maximum absolute atomic E-state index is 4.59. The predicted octanol–water partition coefficient (Wildman–Crippen LogP) is 1.04. The second-order valence-electron chi connectivity index (χ2n) is 5.36. The predicted molar refractivity (Wildman–Crippen MR) is 82.4 cm³/mol. The minimum absolute atomic E-state index is 0.722. The summed E-state index contributed by atoms with van der Waals surface area (Å²) in [5.41, 5.74) is 1.19. The van der Waals surface area contributed by atoms with Gasteiger partial charge in [-0.3, -0.25) is 4.90 Å². The van der Waals surface area contributed by atoms with Gasteiger partial charge in [0.1, 0.15) is 23.5 Å². The molecule has 7 nitrogen and oxygen atoms in total. The SMILES string of the molecule is c1csc(CN2CCc3ncc(Cn4cncn4)n3CC2)n1. The Morgan fingerprint density at radius 2 is 2.14 bits per heavy atom. The van der Waals surface area contributed by atoms with Crippen LogP contribution in [0.1, 0.15) is 16.5 Å². The molecule has 3 aromatic rings. The first-order chi connectivity index (χ1) is 10.9. The van der Waals surface area contributed by atoms with E-state index in [4.69, 9.17) is 0 Å². The number of imidazole rings is 1. The van der Waals surface area contributed by atoms with Crippen molar-refractivity contribution in [1.82, 2.24) is 34.2 Å². The molecule has 0 aromatic carbocycles. The summed E-state index contributed by atoms with van der Waals surface area (Å²) in [7, 11) is 0. The quantitative estimate of drug-likeness (QED) is 0.720. The second-order valence-corrected chi connectivity index (χ2v) is 6.34.